The first kappa shape index (κ1) is 13.0. The Bertz CT molecular complexity index is 231. The fourth-order valence-corrected chi connectivity index (χ4v) is 2.20. The molecule has 0 aromatic rings. The molecule has 0 unspecified atom stereocenters. The molecule has 0 atom stereocenters. The molecule has 0 spiro atoms. The lowest BCUT2D eigenvalue weighted by molar-refractivity contribution is 0.0483. The van der Waals surface area contributed by atoms with Crippen molar-refractivity contribution in [3.63, 3.8) is 0 Å². The lowest BCUT2D eigenvalue weighted by atomic mass is 10.7. The molecule has 0 aromatic carbocycles. The van der Waals surface area contributed by atoms with Crippen LogP contribution in [0, 0.1) is 0 Å². The Balaban J connectivity index is 2.13. The average molecular weight is 295 g/mol. The number of hydrogen-bond donors (Lipinski definition) is 2. The number of nitrogens with zero attached hydrogens (tertiary/aromatic N) is 2. The van der Waals surface area contributed by atoms with Crippen molar-refractivity contribution in [2.24, 2.45) is 5.10 Å². The first-order chi connectivity index (χ1) is 7.03. The summed E-state index contributed by atoms with van der Waals surface area (Å²) in [5, 5.41) is 6.59. The van der Waals surface area contributed by atoms with Crippen LogP contribution in [0.1, 0.15) is 0 Å². The fourth-order valence-electron chi connectivity index (χ4n) is 1.02. The summed E-state index contributed by atoms with van der Waals surface area (Å²) in [4.78, 5) is 0. The third-order valence-corrected chi connectivity index (χ3v) is 4.22. The van der Waals surface area contributed by atoms with E-state index in [2.05, 4.69) is 51.7 Å². The standard InChI is InChI=1S/C8H19BrN4OSi/c1-15(2,3)5-4-14-7-13-8(6-9)10-11-12-13/h11-12H,4-7H2,1-3H3. The minimum Gasteiger partial charge on any atom is -0.360 e. The highest BCUT2D eigenvalue weighted by molar-refractivity contribution is 9.09. The van der Waals surface area contributed by atoms with Crippen molar-refractivity contribution in [3.05, 3.63) is 0 Å². The van der Waals surface area contributed by atoms with E-state index >= 15 is 0 Å². The molecule has 0 aliphatic carbocycles. The van der Waals surface area contributed by atoms with Crippen LogP contribution >= 0.6 is 15.9 Å². The zero-order chi connectivity index (χ0) is 11.3. The van der Waals surface area contributed by atoms with E-state index in [0.717, 1.165) is 12.4 Å². The highest BCUT2D eigenvalue weighted by Crippen LogP contribution is 2.07. The number of hydrogen-bond acceptors (Lipinski definition) is 5. The van der Waals surface area contributed by atoms with Gasteiger partial charge in [-0.15, -0.1) is 10.6 Å². The van der Waals surface area contributed by atoms with Crippen LogP contribution in [-0.4, -0.2) is 37.6 Å². The maximum atomic E-state index is 5.58. The van der Waals surface area contributed by atoms with Crippen LogP contribution < -0.4 is 11.1 Å². The molecule has 0 radical (unpaired) electrons. The van der Waals surface area contributed by atoms with E-state index in [1.807, 2.05) is 5.01 Å². The number of nitrogens with one attached hydrogen (secondary N) is 2. The van der Waals surface area contributed by atoms with Crippen molar-refractivity contribution >= 4 is 29.8 Å². The van der Waals surface area contributed by atoms with Crippen LogP contribution in [-0.2, 0) is 4.74 Å². The molecule has 0 aromatic heterocycles. The molecule has 1 aliphatic heterocycles. The van der Waals surface area contributed by atoms with Crippen molar-refractivity contribution in [1.29, 1.82) is 0 Å². The van der Waals surface area contributed by atoms with Crippen LogP contribution in [0.2, 0.25) is 25.7 Å². The van der Waals surface area contributed by atoms with Gasteiger partial charge >= 0.3 is 0 Å². The fraction of sp³-hybridized carbons (Fsp3) is 0.875. The van der Waals surface area contributed by atoms with Gasteiger partial charge in [-0.3, -0.25) is 0 Å². The summed E-state index contributed by atoms with van der Waals surface area (Å²) in [6, 6.07) is 1.19. The molecule has 88 valence electrons. The lowest BCUT2D eigenvalue weighted by Crippen LogP contribution is -2.43. The summed E-state index contributed by atoms with van der Waals surface area (Å²) in [6.45, 7) is 8.39. The highest BCUT2D eigenvalue weighted by atomic mass is 79.9. The second-order valence-electron chi connectivity index (χ2n) is 4.66. The minimum atomic E-state index is -0.978. The summed E-state index contributed by atoms with van der Waals surface area (Å²) in [6.07, 6.45) is 0. The molecule has 1 aliphatic rings. The second-order valence-corrected chi connectivity index (χ2v) is 10.8. The maximum absolute atomic E-state index is 5.58. The molecular formula is C8H19BrN4OSi. The van der Waals surface area contributed by atoms with Gasteiger partial charge in [-0.05, 0) is 6.04 Å². The third kappa shape index (κ3) is 4.96. The van der Waals surface area contributed by atoms with E-state index in [4.69, 9.17) is 4.74 Å². The number of alkyl halides is 1. The Labute approximate surface area is 100 Å². The summed E-state index contributed by atoms with van der Waals surface area (Å²) >= 11 is 3.36. The number of amidine groups is 1. The Morgan fingerprint density at radius 2 is 2.20 bits per heavy atom. The Morgan fingerprint density at radius 3 is 2.80 bits per heavy atom. The van der Waals surface area contributed by atoms with Crippen LogP contribution in [0.5, 0.6) is 0 Å². The van der Waals surface area contributed by atoms with Crippen LogP contribution in [0.3, 0.4) is 0 Å². The van der Waals surface area contributed by atoms with Gasteiger partial charge < -0.3 is 4.74 Å². The van der Waals surface area contributed by atoms with E-state index in [-0.39, 0.29) is 0 Å². The van der Waals surface area contributed by atoms with Gasteiger partial charge in [0.05, 0.1) is 5.33 Å². The Kier molecular flexibility index (Phi) is 5.04. The molecule has 15 heavy (non-hydrogen) atoms. The molecule has 0 fully saturated rings. The number of halogens is 1. The Morgan fingerprint density at radius 1 is 1.47 bits per heavy atom. The lowest BCUT2D eigenvalue weighted by Gasteiger charge is -2.20. The van der Waals surface area contributed by atoms with Gasteiger partial charge in [-0.1, -0.05) is 35.6 Å². The summed E-state index contributed by atoms with van der Waals surface area (Å²) in [7, 11) is -0.978. The topological polar surface area (TPSA) is 48.9 Å². The molecule has 0 saturated carbocycles. The number of hydrazone groups is 1. The molecule has 2 N–H and O–H groups in total. The molecule has 1 rings (SSSR count). The summed E-state index contributed by atoms with van der Waals surface area (Å²) < 4.78 is 5.58. The van der Waals surface area contributed by atoms with Gasteiger partial charge in [0.25, 0.3) is 0 Å². The first-order valence-electron chi connectivity index (χ1n) is 5.01. The van der Waals surface area contributed by atoms with Gasteiger partial charge in [0.1, 0.15) is 6.73 Å². The highest BCUT2D eigenvalue weighted by Gasteiger charge is 2.16. The molecule has 0 amide bonds. The van der Waals surface area contributed by atoms with Gasteiger partial charge in [0.2, 0.25) is 0 Å². The predicted octanol–water partition coefficient (Wildman–Crippen LogP) is 1.33. The van der Waals surface area contributed by atoms with Crippen LogP contribution in [0.15, 0.2) is 5.10 Å². The van der Waals surface area contributed by atoms with Crippen molar-refractivity contribution in [2.75, 3.05) is 18.7 Å². The number of rotatable bonds is 6. The quantitative estimate of drug-likeness (QED) is 0.441. The SMILES string of the molecule is C[Si](C)(C)CCOCN1NNN=C1CBr. The van der Waals surface area contributed by atoms with Crippen molar-refractivity contribution in [2.45, 2.75) is 25.7 Å². The first-order valence-corrected chi connectivity index (χ1v) is 9.84. The van der Waals surface area contributed by atoms with Crippen molar-refractivity contribution in [3.8, 4) is 0 Å². The molecule has 5 nitrogen and oxygen atoms in total. The molecule has 0 bridgehead atoms. The van der Waals surface area contributed by atoms with Gasteiger partial charge in [-0.2, -0.15) is 0 Å². The molecular weight excluding hydrogens is 276 g/mol. The van der Waals surface area contributed by atoms with E-state index in [9.17, 15) is 0 Å². The monoisotopic (exact) mass is 294 g/mol. The van der Waals surface area contributed by atoms with Gasteiger partial charge in [0.15, 0.2) is 5.84 Å². The minimum absolute atomic E-state index is 0.530. The van der Waals surface area contributed by atoms with E-state index in [1.165, 1.54) is 6.04 Å². The third-order valence-electron chi connectivity index (χ3n) is 2.02. The van der Waals surface area contributed by atoms with Crippen LogP contribution in [0.25, 0.3) is 0 Å². The van der Waals surface area contributed by atoms with E-state index in [0.29, 0.717) is 12.1 Å². The smallest absolute Gasteiger partial charge is 0.154 e. The van der Waals surface area contributed by atoms with Gasteiger partial charge in [-0.25, -0.2) is 10.5 Å². The van der Waals surface area contributed by atoms with E-state index < -0.39 is 8.07 Å². The molecule has 0 saturated heterocycles. The average Bonchev–Trinajstić information content (AvgIpc) is 2.58. The molecule has 1 heterocycles. The number of hydrazine groups is 2. The summed E-state index contributed by atoms with van der Waals surface area (Å²) in [5.41, 5.74) is 5.58. The Hall–Kier alpha value is -0.113. The van der Waals surface area contributed by atoms with Crippen LogP contribution in [0.4, 0.5) is 0 Å². The zero-order valence-electron chi connectivity index (χ0n) is 9.51. The second kappa shape index (κ2) is 5.83. The maximum Gasteiger partial charge on any atom is 0.154 e. The predicted molar refractivity (Wildman–Crippen MR) is 68.3 cm³/mol. The largest absolute Gasteiger partial charge is 0.360 e. The molecule has 7 heteroatoms. The zero-order valence-corrected chi connectivity index (χ0v) is 12.1. The van der Waals surface area contributed by atoms with Gasteiger partial charge in [0, 0.05) is 14.7 Å². The number of ether oxygens (including phenoxy) is 1. The normalized spacial score (nSPS) is 16.5. The van der Waals surface area contributed by atoms with E-state index in [1.54, 1.807) is 0 Å². The summed E-state index contributed by atoms with van der Waals surface area (Å²) in [5.74, 6) is 0.906. The van der Waals surface area contributed by atoms with Crippen molar-refractivity contribution in [1.82, 2.24) is 16.1 Å². The van der Waals surface area contributed by atoms with Crippen molar-refractivity contribution < 1.29 is 4.74 Å².